The number of aromatic nitrogens is 3. The minimum absolute atomic E-state index is 0.105. The van der Waals surface area contributed by atoms with Gasteiger partial charge >= 0.3 is 12.0 Å². The van der Waals surface area contributed by atoms with Gasteiger partial charge in [-0.1, -0.05) is 25.1 Å². The third kappa shape index (κ3) is 3.81. The molecule has 1 atom stereocenters. The van der Waals surface area contributed by atoms with E-state index in [1.54, 1.807) is 0 Å². The first-order valence-corrected chi connectivity index (χ1v) is 6.70. The summed E-state index contributed by atoms with van der Waals surface area (Å²) in [6.07, 6.45) is 1.43. The predicted octanol–water partition coefficient (Wildman–Crippen LogP) is 1.45. The van der Waals surface area contributed by atoms with Crippen LogP contribution in [-0.2, 0) is 4.79 Å². The molecule has 0 aliphatic carbocycles. The number of carbonyl (C=O) groups is 2. The van der Waals surface area contributed by atoms with Gasteiger partial charge in [0, 0.05) is 13.6 Å². The van der Waals surface area contributed by atoms with Gasteiger partial charge in [0.05, 0.1) is 17.8 Å². The summed E-state index contributed by atoms with van der Waals surface area (Å²) >= 11 is 0. The summed E-state index contributed by atoms with van der Waals surface area (Å²) in [5.74, 6) is -1.30. The number of hydrogen-bond acceptors (Lipinski definition) is 4. The lowest BCUT2D eigenvalue weighted by Crippen LogP contribution is -2.36. The van der Waals surface area contributed by atoms with Crippen LogP contribution < -0.4 is 5.32 Å². The lowest BCUT2D eigenvalue weighted by atomic mass is 10.2. The third-order valence-electron chi connectivity index (χ3n) is 3.03. The zero-order valence-electron chi connectivity index (χ0n) is 12.3. The first-order chi connectivity index (χ1) is 10.5. The van der Waals surface area contributed by atoms with Crippen molar-refractivity contribution in [1.82, 2.24) is 19.9 Å². The second-order valence-electron chi connectivity index (χ2n) is 4.90. The highest BCUT2D eigenvalue weighted by atomic mass is 16.4. The van der Waals surface area contributed by atoms with Crippen molar-refractivity contribution in [2.75, 3.05) is 18.9 Å². The molecule has 8 heteroatoms. The van der Waals surface area contributed by atoms with Crippen LogP contribution in [0.2, 0.25) is 0 Å². The van der Waals surface area contributed by atoms with Crippen LogP contribution in [0.5, 0.6) is 0 Å². The van der Waals surface area contributed by atoms with Crippen molar-refractivity contribution in [2.24, 2.45) is 5.92 Å². The molecule has 116 valence electrons. The van der Waals surface area contributed by atoms with Crippen LogP contribution in [0.25, 0.3) is 5.69 Å². The molecule has 2 amide bonds. The predicted molar refractivity (Wildman–Crippen MR) is 79.8 cm³/mol. The van der Waals surface area contributed by atoms with Crippen LogP contribution in [0, 0.1) is 5.92 Å². The molecule has 1 unspecified atom stereocenters. The number of carbonyl (C=O) groups excluding carboxylic acids is 1. The maximum atomic E-state index is 12.0. The molecule has 0 saturated carbocycles. The first-order valence-electron chi connectivity index (χ1n) is 6.70. The van der Waals surface area contributed by atoms with Gasteiger partial charge < -0.3 is 10.0 Å². The molecular weight excluding hydrogens is 286 g/mol. The van der Waals surface area contributed by atoms with Crippen molar-refractivity contribution in [2.45, 2.75) is 6.92 Å². The number of aliphatic carboxylic acids is 1. The lowest BCUT2D eigenvalue weighted by molar-refractivity contribution is -0.141. The van der Waals surface area contributed by atoms with Crippen molar-refractivity contribution in [3.05, 3.63) is 36.5 Å². The van der Waals surface area contributed by atoms with E-state index in [0.717, 1.165) is 5.69 Å². The molecule has 0 aliphatic heterocycles. The highest BCUT2D eigenvalue weighted by molar-refractivity contribution is 5.88. The van der Waals surface area contributed by atoms with Gasteiger partial charge in [0.1, 0.15) is 0 Å². The summed E-state index contributed by atoms with van der Waals surface area (Å²) < 4.78 is 0. The molecule has 2 N–H and O–H groups in total. The maximum absolute atomic E-state index is 12.0. The molecule has 1 heterocycles. The van der Waals surface area contributed by atoms with Crippen molar-refractivity contribution in [3.8, 4) is 5.69 Å². The highest BCUT2D eigenvalue weighted by Crippen LogP contribution is 2.08. The Morgan fingerprint density at radius 3 is 2.68 bits per heavy atom. The summed E-state index contributed by atoms with van der Waals surface area (Å²) in [7, 11) is 1.52. The Morgan fingerprint density at radius 1 is 1.36 bits per heavy atom. The Hall–Kier alpha value is -2.90. The van der Waals surface area contributed by atoms with Gasteiger partial charge in [-0.15, -0.1) is 9.90 Å². The molecular formula is C14H17N5O3. The van der Waals surface area contributed by atoms with E-state index in [0.29, 0.717) is 5.82 Å². The fourth-order valence-corrected chi connectivity index (χ4v) is 1.78. The van der Waals surface area contributed by atoms with Crippen molar-refractivity contribution in [3.63, 3.8) is 0 Å². The molecule has 0 spiro atoms. The Morgan fingerprint density at radius 2 is 2.05 bits per heavy atom. The Labute approximate surface area is 127 Å². The average Bonchev–Trinajstić information content (AvgIpc) is 2.96. The van der Waals surface area contributed by atoms with E-state index in [9.17, 15) is 9.59 Å². The van der Waals surface area contributed by atoms with Gasteiger partial charge in [-0.2, -0.15) is 5.10 Å². The first kappa shape index (κ1) is 15.5. The molecule has 0 aliphatic rings. The van der Waals surface area contributed by atoms with E-state index in [2.05, 4.69) is 15.5 Å². The fraction of sp³-hybridized carbons (Fsp3) is 0.286. The quantitative estimate of drug-likeness (QED) is 0.870. The van der Waals surface area contributed by atoms with Crippen LogP contribution in [0.3, 0.4) is 0 Å². The number of carboxylic acids is 1. The van der Waals surface area contributed by atoms with E-state index in [1.807, 2.05) is 30.3 Å². The highest BCUT2D eigenvalue weighted by Gasteiger charge is 2.18. The number of anilines is 1. The van der Waals surface area contributed by atoms with Crippen molar-refractivity contribution >= 4 is 17.8 Å². The number of amides is 2. The van der Waals surface area contributed by atoms with Gasteiger partial charge in [0.15, 0.2) is 5.82 Å². The van der Waals surface area contributed by atoms with Crippen molar-refractivity contribution < 1.29 is 14.7 Å². The van der Waals surface area contributed by atoms with Crippen molar-refractivity contribution in [1.29, 1.82) is 0 Å². The molecule has 0 radical (unpaired) electrons. The molecule has 0 saturated heterocycles. The molecule has 2 rings (SSSR count). The SMILES string of the molecule is CC(CN(C)C(=O)Nc1cnn(-c2ccccc2)n1)C(=O)O. The third-order valence-corrected chi connectivity index (χ3v) is 3.03. The molecule has 1 aromatic heterocycles. The maximum Gasteiger partial charge on any atom is 0.322 e. The van der Waals surface area contributed by atoms with E-state index in [1.165, 1.54) is 29.9 Å². The number of hydrogen-bond donors (Lipinski definition) is 2. The second kappa shape index (κ2) is 6.70. The van der Waals surface area contributed by atoms with Gasteiger partial charge in [-0.3, -0.25) is 10.1 Å². The number of para-hydroxylation sites is 1. The largest absolute Gasteiger partial charge is 0.481 e. The summed E-state index contributed by atoms with van der Waals surface area (Å²) in [5.41, 5.74) is 0.774. The smallest absolute Gasteiger partial charge is 0.322 e. The number of nitrogens with zero attached hydrogens (tertiary/aromatic N) is 4. The van der Waals surface area contributed by atoms with E-state index in [-0.39, 0.29) is 6.54 Å². The van der Waals surface area contributed by atoms with Crippen LogP contribution in [0.1, 0.15) is 6.92 Å². The van der Waals surface area contributed by atoms with Gasteiger partial charge in [0.25, 0.3) is 0 Å². The minimum Gasteiger partial charge on any atom is -0.481 e. The second-order valence-corrected chi connectivity index (χ2v) is 4.90. The number of rotatable bonds is 5. The summed E-state index contributed by atoms with van der Waals surface area (Å²) in [5, 5.41) is 19.6. The summed E-state index contributed by atoms with van der Waals surface area (Å²) in [4.78, 5) is 25.4. The van der Waals surface area contributed by atoms with E-state index >= 15 is 0 Å². The Bertz CT molecular complexity index is 656. The van der Waals surface area contributed by atoms with Crippen LogP contribution in [0.4, 0.5) is 10.6 Å². The zero-order valence-corrected chi connectivity index (χ0v) is 12.3. The molecule has 8 nitrogen and oxygen atoms in total. The van der Waals surface area contributed by atoms with Gasteiger partial charge in [0.2, 0.25) is 0 Å². The minimum atomic E-state index is -0.949. The summed E-state index contributed by atoms with van der Waals surface area (Å²) in [6.45, 7) is 1.64. The number of carboxylic acid groups (broad SMARTS) is 1. The number of urea groups is 1. The number of benzene rings is 1. The van der Waals surface area contributed by atoms with E-state index < -0.39 is 17.9 Å². The molecule has 22 heavy (non-hydrogen) atoms. The normalized spacial score (nSPS) is 11.7. The van der Waals surface area contributed by atoms with Gasteiger partial charge in [-0.25, -0.2) is 4.79 Å². The monoisotopic (exact) mass is 303 g/mol. The van der Waals surface area contributed by atoms with Crippen LogP contribution >= 0.6 is 0 Å². The summed E-state index contributed by atoms with van der Waals surface area (Å²) in [6, 6.07) is 8.84. The van der Waals surface area contributed by atoms with Gasteiger partial charge in [-0.05, 0) is 12.1 Å². The lowest BCUT2D eigenvalue weighted by Gasteiger charge is -2.19. The van der Waals surface area contributed by atoms with Crippen LogP contribution in [0.15, 0.2) is 36.5 Å². The van der Waals surface area contributed by atoms with Crippen LogP contribution in [-0.4, -0.2) is 50.6 Å². The zero-order chi connectivity index (χ0) is 16.1. The Kier molecular flexibility index (Phi) is 4.72. The molecule has 0 fully saturated rings. The molecule has 1 aromatic carbocycles. The average molecular weight is 303 g/mol. The topological polar surface area (TPSA) is 100 Å². The fourth-order valence-electron chi connectivity index (χ4n) is 1.78. The Balaban J connectivity index is 1.98. The molecule has 0 bridgehead atoms. The molecule has 2 aromatic rings. The standard InChI is InChI=1S/C14H17N5O3/c1-10(13(20)21)9-18(2)14(22)16-12-8-15-19(17-12)11-6-4-3-5-7-11/h3-8,10H,9H2,1-2H3,(H,20,21)(H,16,17,22). The van der Waals surface area contributed by atoms with E-state index in [4.69, 9.17) is 5.11 Å². The number of nitrogens with one attached hydrogen (secondary N) is 1.